The number of benzene rings is 5. The Labute approximate surface area is 193 Å². The van der Waals surface area contributed by atoms with E-state index in [0.717, 1.165) is 17.0 Å². The lowest BCUT2D eigenvalue weighted by molar-refractivity contribution is 0.415. The first-order chi connectivity index (χ1) is 16.3. The van der Waals surface area contributed by atoms with Gasteiger partial charge in [-0.15, -0.1) is 0 Å². The average molecular weight is 426 g/mol. The molecule has 2 heteroatoms. The van der Waals surface area contributed by atoms with E-state index in [1.807, 2.05) is 6.07 Å². The van der Waals surface area contributed by atoms with Gasteiger partial charge in [0.2, 0.25) is 0 Å². The predicted octanol–water partition coefficient (Wildman–Crippen LogP) is 8.13. The van der Waals surface area contributed by atoms with Gasteiger partial charge in [-0.3, -0.25) is 0 Å². The van der Waals surface area contributed by atoms with E-state index in [-0.39, 0.29) is 0 Å². The topological polar surface area (TPSA) is 14.2 Å². The lowest BCUT2D eigenvalue weighted by atomic mass is 9.99. The van der Waals surface area contributed by atoms with Gasteiger partial charge in [0.1, 0.15) is 5.75 Å². The van der Waals surface area contributed by atoms with Crippen molar-refractivity contribution in [1.82, 2.24) is 4.57 Å². The summed E-state index contributed by atoms with van der Waals surface area (Å²) in [6.07, 6.45) is 0. The molecular formula is C31H23NO. The first-order valence-corrected chi connectivity index (χ1v) is 11.2. The molecule has 0 atom stereocenters. The van der Waals surface area contributed by atoms with Crippen molar-refractivity contribution < 1.29 is 4.74 Å². The van der Waals surface area contributed by atoms with E-state index in [0.29, 0.717) is 0 Å². The molecule has 0 amide bonds. The fourth-order valence-electron chi connectivity index (χ4n) is 4.72. The second kappa shape index (κ2) is 7.99. The molecule has 0 spiro atoms. The summed E-state index contributed by atoms with van der Waals surface area (Å²) in [7, 11) is 1.72. The van der Waals surface area contributed by atoms with Crippen molar-refractivity contribution in [2.45, 2.75) is 0 Å². The minimum Gasteiger partial charge on any atom is -0.497 e. The molecule has 0 saturated carbocycles. The van der Waals surface area contributed by atoms with Gasteiger partial charge in [0.15, 0.2) is 0 Å². The van der Waals surface area contributed by atoms with Gasteiger partial charge in [-0.2, -0.15) is 0 Å². The van der Waals surface area contributed by atoms with Gasteiger partial charge in [-0.1, -0.05) is 91.0 Å². The van der Waals surface area contributed by atoms with E-state index in [1.165, 1.54) is 38.5 Å². The zero-order valence-corrected chi connectivity index (χ0v) is 18.4. The summed E-state index contributed by atoms with van der Waals surface area (Å²) in [6, 6.07) is 42.9. The molecule has 0 bridgehead atoms. The van der Waals surface area contributed by atoms with E-state index in [4.69, 9.17) is 4.74 Å². The molecule has 0 aliphatic rings. The molecule has 33 heavy (non-hydrogen) atoms. The van der Waals surface area contributed by atoms with Gasteiger partial charge in [0, 0.05) is 22.4 Å². The quantitative estimate of drug-likeness (QED) is 0.278. The van der Waals surface area contributed by atoms with E-state index < -0.39 is 0 Å². The molecule has 0 aliphatic heterocycles. The Morgan fingerprint density at radius 3 is 1.97 bits per heavy atom. The van der Waals surface area contributed by atoms with Crippen LogP contribution < -0.4 is 4.74 Å². The lowest BCUT2D eigenvalue weighted by Crippen LogP contribution is -1.97. The first-order valence-electron chi connectivity index (χ1n) is 11.2. The Bertz CT molecular complexity index is 1580. The maximum atomic E-state index is 5.57. The van der Waals surface area contributed by atoms with Crippen LogP contribution in [0.2, 0.25) is 0 Å². The Hall–Kier alpha value is -4.30. The smallest absolute Gasteiger partial charge is 0.120 e. The zero-order valence-electron chi connectivity index (χ0n) is 18.4. The molecule has 0 saturated heterocycles. The van der Waals surface area contributed by atoms with Gasteiger partial charge >= 0.3 is 0 Å². The zero-order chi connectivity index (χ0) is 22.2. The molecule has 0 radical (unpaired) electrons. The van der Waals surface area contributed by atoms with E-state index in [9.17, 15) is 0 Å². The molecule has 1 aromatic heterocycles. The third-order valence-electron chi connectivity index (χ3n) is 6.33. The normalized spacial score (nSPS) is 11.2. The van der Waals surface area contributed by atoms with Gasteiger partial charge in [0.25, 0.3) is 0 Å². The van der Waals surface area contributed by atoms with Crippen molar-refractivity contribution in [2.75, 3.05) is 7.11 Å². The van der Waals surface area contributed by atoms with Crippen LogP contribution in [0.25, 0.3) is 49.7 Å². The minimum absolute atomic E-state index is 0.858. The molecular weight excluding hydrogens is 402 g/mol. The van der Waals surface area contributed by atoms with Gasteiger partial charge < -0.3 is 9.30 Å². The summed E-state index contributed by atoms with van der Waals surface area (Å²) in [6.45, 7) is 0. The standard InChI is InChI=1S/C31H23NO/c1-33-25-19-20-28-27-12-6-8-14-30(27)32(31(28)21-25)29-13-7-5-11-26(29)24-17-15-23(16-18-24)22-9-3-2-4-10-22/h2-21H,1H3. The number of para-hydroxylation sites is 2. The molecule has 158 valence electrons. The predicted molar refractivity (Wildman–Crippen MR) is 138 cm³/mol. The van der Waals surface area contributed by atoms with Crippen LogP contribution in [0.1, 0.15) is 0 Å². The van der Waals surface area contributed by atoms with Crippen molar-refractivity contribution in [3.63, 3.8) is 0 Å². The molecule has 0 N–H and O–H groups in total. The van der Waals surface area contributed by atoms with Crippen LogP contribution in [0.3, 0.4) is 0 Å². The molecule has 5 aromatic carbocycles. The fourth-order valence-corrected chi connectivity index (χ4v) is 4.72. The number of methoxy groups -OCH3 is 1. The highest BCUT2D eigenvalue weighted by Crippen LogP contribution is 2.37. The summed E-state index contributed by atoms with van der Waals surface area (Å²) < 4.78 is 7.92. The second-order valence-corrected chi connectivity index (χ2v) is 8.20. The number of hydrogen-bond acceptors (Lipinski definition) is 1. The average Bonchev–Trinajstić information content (AvgIpc) is 3.23. The van der Waals surface area contributed by atoms with Crippen molar-refractivity contribution >= 4 is 21.8 Å². The maximum absolute atomic E-state index is 5.57. The summed E-state index contributed by atoms with van der Waals surface area (Å²) in [4.78, 5) is 0. The number of ether oxygens (including phenoxy) is 1. The van der Waals surface area contributed by atoms with E-state index >= 15 is 0 Å². The van der Waals surface area contributed by atoms with Crippen molar-refractivity contribution in [3.05, 3.63) is 121 Å². The summed E-state index contributed by atoms with van der Waals surface area (Å²) in [5, 5.41) is 2.46. The second-order valence-electron chi connectivity index (χ2n) is 8.20. The molecule has 6 rings (SSSR count). The Morgan fingerprint density at radius 1 is 0.515 bits per heavy atom. The number of aromatic nitrogens is 1. The van der Waals surface area contributed by atoms with E-state index in [1.54, 1.807) is 7.11 Å². The van der Waals surface area contributed by atoms with Crippen LogP contribution in [0, 0.1) is 0 Å². The molecule has 0 unspecified atom stereocenters. The third kappa shape index (κ3) is 3.28. The highest BCUT2D eigenvalue weighted by molar-refractivity contribution is 6.10. The van der Waals surface area contributed by atoms with Crippen molar-refractivity contribution in [3.8, 4) is 33.7 Å². The number of hydrogen-bond donors (Lipinski definition) is 0. The summed E-state index contributed by atoms with van der Waals surface area (Å²) in [5.41, 5.74) is 8.33. The maximum Gasteiger partial charge on any atom is 0.120 e. The van der Waals surface area contributed by atoms with Crippen LogP contribution in [-0.4, -0.2) is 11.7 Å². The Kier molecular flexibility index (Phi) is 4.70. The van der Waals surface area contributed by atoms with Crippen molar-refractivity contribution in [1.29, 1.82) is 0 Å². The SMILES string of the molecule is COc1ccc2c3ccccc3n(-c3ccccc3-c3ccc(-c4ccccc4)cc3)c2c1. The monoisotopic (exact) mass is 425 g/mol. The number of rotatable bonds is 4. The fraction of sp³-hybridized carbons (Fsp3) is 0.0323. The molecule has 0 fully saturated rings. The van der Waals surface area contributed by atoms with E-state index in [2.05, 4.69) is 120 Å². The van der Waals surface area contributed by atoms with Crippen LogP contribution in [0.4, 0.5) is 0 Å². The molecule has 0 aliphatic carbocycles. The lowest BCUT2D eigenvalue weighted by Gasteiger charge is -2.14. The van der Waals surface area contributed by atoms with Gasteiger partial charge in [-0.05, 0) is 41.0 Å². The molecule has 1 heterocycles. The Morgan fingerprint density at radius 2 is 1.15 bits per heavy atom. The van der Waals surface area contributed by atoms with Gasteiger partial charge in [-0.25, -0.2) is 0 Å². The largest absolute Gasteiger partial charge is 0.497 e. The summed E-state index contributed by atoms with van der Waals surface area (Å²) in [5.74, 6) is 0.858. The number of nitrogens with zero attached hydrogens (tertiary/aromatic N) is 1. The van der Waals surface area contributed by atoms with Crippen molar-refractivity contribution in [2.24, 2.45) is 0 Å². The Balaban J connectivity index is 1.57. The van der Waals surface area contributed by atoms with Crippen LogP contribution in [0.15, 0.2) is 121 Å². The van der Waals surface area contributed by atoms with Crippen LogP contribution in [0.5, 0.6) is 5.75 Å². The number of fused-ring (bicyclic) bond motifs is 3. The first kappa shape index (κ1) is 19.4. The van der Waals surface area contributed by atoms with Crippen LogP contribution >= 0.6 is 0 Å². The van der Waals surface area contributed by atoms with Crippen LogP contribution in [-0.2, 0) is 0 Å². The third-order valence-corrected chi connectivity index (χ3v) is 6.33. The summed E-state index contributed by atoms with van der Waals surface area (Å²) >= 11 is 0. The highest BCUT2D eigenvalue weighted by atomic mass is 16.5. The minimum atomic E-state index is 0.858. The highest BCUT2D eigenvalue weighted by Gasteiger charge is 2.15. The molecule has 6 aromatic rings. The molecule has 2 nitrogen and oxygen atoms in total. The van der Waals surface area contributed by atoms with Gasteiger partial charge in [0.05, 0.1) is 23.8 Å².